The summed E-state index contributed by atoms with van der Waals surface area (Å²) in [5.41, 5.74) is 4.68. The molecule has 1 aliphatic heterocycles. The van der Waals surface area contributed by atoms with Crippen LogP contribution in [0.1, 0.15) is 61.6 Å². The standard InChI is InChI=1S/C25H28ClN3O/c1-3-5-6-7-22-17-28(21-14-8-18(4-2)9-15-21)25(30)24-16-23(27-29(22)24)19-10-12-20(26)13-11-19/h8-16,22H,3-7,17H2,1-2H3. The third-order valence-corrected chi connectivity index (χ3v) is 6.13. The molecule has 4 nitrogen and oxygen atoms in total. The maximum Gasteiger partial charge on any atom is 0.276 e. The van der Waals surface area contributed by atoms with Gasteiger partial charge < -0.3 is 4.90 Å². The molecule has 156 valence electrons. The van der Waals surface area contributed by atoms with E-state index in [1.165, 1.54) is 18.4 Å². The van der Waals surface area contributed by atoms with Crippen molar-refractivity contribution in [1.29, 1.82) is 0 Å². The minimum atomic E-state index is 0.0127. The van der Waals surface area contributed by atoms with Crippen molar-refractivity contribution in [2.75, 3.05) is 11.4 Å². The van der Waals surface area contributed by atoms with Crippen molar-refractivity contribution in [3.63, 3.8) is 0 Å². The zero-order valence-corrected chi connectivity index (χ0v) is 18.4. The quantitative estimate of drug-likeness (QED) is 0.406. The molecule has 0 spiro atoms. The Morgan fingerprint density at radius 2 is 1.77 bits per heavy atom. The Hall–Kier alpha value is -2.59. The van der Waals surface area contributed by atoms with Crippen molar-refractivity contribution in [2.45, 2.75) is 52.0 Å². The average molecular weight is 422 g/mol. The van der Waals surface area contributed by atoms with Gasteiger partial charge in [-0.3, -0.25) is 9.48 Å². The predicted octanol–water partition coefficient (Wildman–Crippen LogP) is 6.55. The third-order valence-electron chi connectivity index (χ3n) is 5.88. The summed E-state index contributed by atoms with van der Waals surface area (Å²) in [6.07, 6.45) is 5.50. The summed E-state index contributed by atoms with van der Waals surface area (Å²) in [5.74, 6) is 0.0127. The average Bonchev–Trinajstić information content (AvgIpc) is 3.22. The van der Waals surface area contributed by atoms with Crippen LogP contribution in [0, 0.1) is 0 Å². The van der Waals surface area contributed by atoms with E-state index in [1.54, 1.807) is 0 Å². The number of nitrogens with zero attached hydrogens (tertiary/aromatic N) is 3. The van der Waals surface area contributed by atoms with Crippen LogP contribution in [0.25, 0.3) is 11.3 Å². The maximum atomic E-state index is 13.4. The van der Waals surface area contributed by atoms with Crippen LogP contribution in [-0.2, 0) is 6.42 Å². The Kier molecular flexibility index (Phi) is 6.24. The number of hydrogen-bond acceptors (Lipinski definition) is 2. The molecule has 30 heavy (non-hydrogen) atoms. The molecule has 5 heteroatoms. The fraction of sp³-hybridized carbons (Fsp3) is 0.360. The van der Waals surface area contributed by atoms with Gasteiger partial charge in [-0.25, -0.2) is 0 Å². The molecule has 0 radical (unpaired) electrons. The zero-order chi connectivity index (χ0) is 21.1. The number of aryl methyl sites for hydroxylation is 1. The molecule has 0 saturated carbocycles. The van der Waals surface area contributed by atoms with E-state index in [2.05, 4.69) is 38.1 Å². The van der Waals surface area contributed by atoms with E-state index in [0.29, 0.717) is 17.3 Å². The number of rotatable bonds is 7. The number of benzene rings is 2. The van der Waals surface area contributed by atoms with Crippen molar-refractivity contribution in [2.24, 2.45) is 0 Å². The van der Waals surface area contributed by atoms with Gasteiger partial charge >= 0.3 is 0 Å². The van der Waals surface area contributed by atoms with Crippen molar-refractivity contribution < 1.29 is 4.79 Å². The number of amides is 1. The molecule has 2 heterocycles. The number of fused-ring (bicyclic) bond motifs is 1. The van der Waals surface area contributed by atoms with Gasteiger partial charge in [0.2, 0.25) is 0 Å². The number of anilines is 1. The number of hydrogen-bond donors (Lipinski definition) is 0. The highest BCUT2D eigenvalue weighted by atomic mass is 35.5. The summed E-state index contributed by atoms with van der Waals surface area (Å²) in [5, 5.41) is 5.54. The first-order chi connectivity index (χ1) is 14.6. The van der Waals surface area contributed by atoms with Gasteiger partial charge in [0.15, 0.2) is 0 Å². The molecule has 0 bridgehead atoms. The molecule has 0 N–H and O–H groups in total. The third kappa shape index (κ3) is 4.15. The van der Waals surface area contributed by atoms with Crippen molar-refractivity contribution in [3.8, 4) is 11.3 Å². The molecule has 0 aliphatic carbocycles. The van der Waals surface area contributed by atoms with Crippen LogP contribution in [0.5, 0.6) is 0 Å². The molecule has 1 unspecified atom stereocenters. The topological polar surface area (TPSA) is 38.1 Å². The Labute approximate surface area is 183 Å². The number of unbranched alkanes of at least 4 members (excludes halogenated alkanes) is 2. The highest BCUT2D eigenvalue weighted by molar-refractivity contribution is 6.30. The second-order valence-corrected chi connectivity index (χ2v) is 8.39. The second-order valence-electron chi connectivity index (χ2n) is 7.95. The van der Waals surface area contributed by atoms with Crippen LogP contribution in [0.2, 0.25) is 5.02 Å². The molecule has 2 aromatic carbocycles. The first-order valence-electron chi connectivity index (χ1n) is 10.9. The highest BCUT2D eigenvalue weighted by Gasteiger charge is 2.33. The van der Waals surface area contributed by atoms with Crippen LogP contribution in [0.15, 0.2) is 54.6 Å². The Bertz CT molecular complexity index is 1010. The molecular weight excluding hydrogens is 394 g/mol. The van der Waals surface area contributed by atoms with E-state index in [1.807, 2.05) is 39.9 Å². The molecule has 0 fully saturated rings. The molecule has 4 rings (SSSR count). The van der Waals surface area contributed by atoms with Crippen LogP contribution in [-0.4, -0.2) is 22.2 Å². The van der Waals surface area contributed by atoms with Gasteiger partial charge in [-0.15, -0.1) is 0 Å². The van der Waals surface area contributed by atoms with Gasteiger partial charge in [0.1, 0.15) is 5.69 Å². The van der Waals surface area contributed by atoms with E-state index in [-0.39, 0.29) is 11.9 Å². The Morgan fingerprint density at radius 1 is 1.03 bits per heavy atom. The van der Waals surface area contributed by atoms with Crippen LogP contribution in [0.3, 0.4) is 0 Å². The zero-order valence-electron chi connectivity index (χ0n) is 17.6. The fourth-order valence-electron chi connectivity index (χ4n) is 4.08. The van der Waals surface area contributed by atoms with Crippen LogP contribution in [0.4, 0.5) is 5.69 Å². The summed E-state index contributed by atoms with van der Waals surface area (Å²) in [6, 6.07) is 18.1. The Morgan fingerprint density at radius 3 is 2.43 bits per heavy atom. The largest absolute Gasteiger partial charge is 0.305 e. The lowest BCUT2D eigenvalue weighted by molar-refractivity contribution is 0.0948. The van der Waals surface area contributed by atoms with E-state index >= 15 is 0 Å². The van der Waals surface area contributed by atoms with Crippen molar-refractivity contribution in [3.05, 3.63) is 70.9 Å². The van der Waals surface area contributed by atoms with E-state index < -0.39 is 0 Å². The van der Waals surface area contributed by atoms with Gasteiger partial charge in [-0.2, -0.15) is 5.10 Å². The van der Waals surface area contributed by atoms with Crippen molar-refractivity contribution in [1.82, 2.24) is 9.78 Å². The smallest absolute Gasteiger partial charge is 0.276 e. The first-order valence-corrected chi connectivity index (χ1v) is 11.2. The van der Waals surface area contributed by atoms with E-state index in [4.69, 9.17) is 16.7 Å². The summed E-state index contributed by atoms with van der Waals surface area (Å²) >= 11 is 6.04. The van der Waals surface area contributed by atoms with Gasteiger partial charge in [0, 0.05) is 22.8 Å². The van der Waals surface area contributed by atoms with Gasteiger partial charge in [0.25, 0.3) is 5.91 Å². The predicted molar refractivity (Wildman–Crippen MR) is 123 cm³/mol. The van der Waals surface area contributed by atoms with Gasteiger partial charge in [-0.1, -0.05) is 69.0 Å². The number of carbonyl (C=O) groups excluding carboxylic acids is 1. The fourth-order valence-corrected chi connectivity index (χ4v) is 4.21. The molecule has 0 saturated heterocycles. The normalized spacial score (nSPS) is 16.0. The molecule has 1 aliphatic rings. The van der Waals surface area contributed by atoms with E-state index in [9.17, 15) is 4.79 Å². The lowest BCUT2D eigenvalue weighted by Crippen LogP contribution is -2.43. The van der Waals surface area contributed by atoms with Crippen LogP contribution < -0.4 is 4.90 Å². The highest BCUT2D eigenvalue weighted by Crippen LogP contribution is 2.32. The van der Waals surface area contributed by atoms with Gasteiger partial charge in [0.05, 0.1) is 11.7 Å². The summed E-state index contributed by atoms with van der Waals surface area (Å²) in [6.45, 7) is 5.01. The lowest BCUT2D eigenvalue weighted by Gasteiger charge is -2.33. The molecule has 1 aromatic heterocycles. The first kappa shape index (κ1) is 20.7. The molecule has 3 aromatic rings. The monoisotopic (exact) mass is 421 g/mol. The Balaban J connectivity index is 1.70. The van der Waals surface area contributed by atoms with Crippen LogP contribution >= 0.6 is 11.6 Å². The number of halogens is 1. The summed E-state index contributed by atoms with van der Waals surface area (Å²) < 4.78 is 1.96. The minimum absolute atomic E-state index is 0.0127. The van der Waals surface area contributed by atoms with E-state index in [0.717, 1.165) is 36.2 Å². The lowest BCUT2D eigenvalue weighted by atomic mass is 10.0. The number of aromatic nitrogens is 2. The van der Waals surface area contributed by atoms with Crippen molar-refractivity contribution >= 4 is 23.2 Å². The molecular formula is C25H28ClN3O. The molecule has 1 atom stereocenters. The minimum Gasteiger partial charge on any atom is -0.305 e. The summed E-state index contributed by atoms with van der Waals surface area (Å²) in [4.78, 5) is 15.3. The summed E-state index contributed by atoms with van der Waals surface area (Å²) in [7, 11) is 0. The number of carbonyl (C=O) groups is 1. The maximum absolute atomic E-state index is 13.4. The van der Waals surface area contributed by atoms with Gasteiger partial charge in [-0.05, 0) is 48.7 Å². The molecule has 1 amide bonds. The SMILES string of the molecule is CCCCCC1CN(c2ccc(CC)cc2)C(=O)c2cc(-c3ccc(Cl)cc3)nn21. The second kappa shape index (κ2) is 9.05.